The second-order valence-corrected chi connectivity index (χ2v) is 9.02. The van der Waals surface area contributed by atoms with Gasteiger partial charge in [0.05, 0.1) is 17.8 Å². The summed E-state index contributed by atoms with van der Waals surface area (Å²) in [6, 6.07) is 11.9. The summed E-state index contributed by atoms with van der Waals surface area (Å²) >= 11 is 6.73. The number of aromatic nitrogens is 1. The zero-order valence-corrected chi connectivity index (χ0v) is 16.8. The summed E-state index contributed by atoms with van der Waals surface area (Å²) in [7, 11) is 0. The number of rotatable bonds is 4. The molecule has 2 heterocycles. The van der Waals surface area contributed by atoms with Crippen molar-refractivity contribution in [2.75, 3.05) is 4.90 Å². The summed E-state index contributed by atoms with van der Waals surface area (Å²) in [5.74, 6) is 0.0617. The highest BCUT2D eigenvalue weighted by Crippen LogP contribution is 2.36. The molecule has 0 bridgehead atoms. The van der Waals surface area contributed by atoms with Crippen LogP contribution in [0.5, 0.6) is 0 Å². The Balaban J connectivity index is 1.69. The second-order valence-electron chi connectivity index (χ2n) is 6.05. The van der Waals surface area contributed by atoms with E-state index >= 15 is 0 Å². The van der Waals surface area contributed by atoms with E-state index in [0.29, 0.717) is 6.42 Å². The van der Waals surface area contributed by atoms with Crippen LogP contribution in [0.2, 0.25) is 0 Å². The van der Waals surface area contributed by atoms with Crippen LogP contribution in [0.1, 0.15) is 28.3 Å². The Kier molecular flexibility index (Phi) is 5.01. The van der Waals surface area contributed by atoms with Gasteiger partial charge in [0, 0.05) is 19.6 Å². The van der Waals surface area contributed by atoms with Gasteiger partial charge in [0.15, 0.2) is 5.13 Å². The topological polar surface area (TPSA) is 33.2 Å². The van der Waals surface area contributed by atoms with Crippen molar-refractivity contribution < 1.29 is 4.79 Å². The minimum Gasteiger partial charge on any atom is -0.274 e. The predicted octanol–water partition coefficient (Wildman–Crippen LogP) is 5.75. The van der Waals surface area contributed by atoms with Crippen molar-refractivity contribution in [3.8, 4) is 0 Å². The highest BCUT2D eigenvalue weighted by atomic mass is 79.9. The lowest BCUT2D eigenvalue weighted by Crippen LogP contribution is -2.27. The van der Waals surface area contributed by atoms with Crippen molar-refractivity contribution in [2.24, 2.45) is 0 Å². The molecule has 128 valence electrons. The third-order valence-corrected chi connectivity index (χ3v) is 7.08. The van der Waals surface area contributed by atoms with Crippen LogP contribution in [-0.2, 0) is 24.1 Å². The van der Waals surface area contributed by atoms with E-state index in [9.17, 15) is 4.79 Å². The minimum atomic E-state index is 0.0617. The molecule has 0 aliphatic heterocycles. The van der Waals surface area contributed by atoms with Crippen molar-refractivity contribution in [3.05, 3.63) is 61.7 Å². The molecule has 0 unspecified atom stereocenters. The van der Waals surface area contributed by atoms with Gasteiger partial charge in [-0.3, -0.25) is 9.69 Å². The molecule has 4 rings (SSSR count). The van der Waals surface area contributed by atoms with Crippen LogP contribution in [0.25, 0.3) is 0 Å². The first-order chi connectivity index (χ1) is 12.2. The van der Waals surface area contributed by atoms with Gasteiger partial charge < -0.3 is 0 Å². The van der Waals surface area contributed by atoms with E-state index in [-0.39, 0.29) is 5.91 Å². The van der Waals surface area contributed by atoms with Crippen LogP contribution in [0.4, 0.5) is 10.8 Å². The molecular weight excluding hydrogens is 416 g/mol. The number of carbonyl (C=O) groups is 1. The molecule has 1 aliphatic carbocycles. The maximum atomic E-state index is 13.1. The first-order valence-electron chi connectivity index (χ1n) is 8.30. The van der Waals surface area contributed by atoms with E-state index in [4.69, 9.17) is 4.98 Å². The number of benzene rings is 1. The molecule has 1 aromatic carbocycles. The Morgan fingerprint density at radius 3 is 2.72 bits per heavy atom. The average molecular weight is 433 g/mol. The molecule has 0 fully saturated rings. The number of amides is 1. The fraction of sp³-hybridized carbons (Fsp3) is 0.263. The molecule has 25 heavy (non-hydrogen) atoms. The Morgan fingerprint density at radius 2 is 2.00 bits per heavy atom. The summed E-state index contributed by atoms with van der Waals surface area (Å²) in [4.78, 5) is 22.1. The molecule has 2 aromatic heterocycles. The quantitative estimate of drug-likeness (QED) is 0.525. The molecule has 3 nitrogen and oxygen atoms in total. The largest absolute Gasteiger partial charge is 0.274 e. The van der Waals surface area contributed by atoms with Gasteiger partial charge in [-0.2, -0.15) is 0 Å². The fourth-order valence-corrected chi connectivity index (χ4v) is 5.68. The number of fused-ring (bicyclic) bond motifs is 1. The highest BCUT2D eigenvalue weighted by Gasteiger charge is 2.25. The number of thiazole rings is 1. The standard InChI is InChI=1S/C19H17BrN2OS2/c20-13-10-15(24-12-13)11-18(23)22(14-6-2-1-3-7-14)19-21-16-8-4-5-9-17(16)25-19/h1-3,6-7,10,12H,4-5,8-9,11H2. The molecule has 1 aliphatic rings. The van der Waals surface area contributed by atoms with E-state index in [0.717, 1.165) is 33.0 Å². The molecule has 6 heteroatoms. The number of carbonyl (C=O) groups excluding carboxylic acids is 1. The number of hydrogen-bond acceptors (Lipinski definition) is 4. The third kappa shape index (κ3) is 3.71. The van der Waals surface area contributed by atoms with Gasteiger partial charge in [-0.15, -0.1) is 22.7 Å². The van der Waals surface area contributed by atoms with Crippen LogP contribution in [0.15, 0.2) is 46.3 Å². The van der Waals surface area contributed by atoms with E-state index in [1.54, 1.807) is 27.6 Å². The van der Waals surface area contributed by atoms with Gasteiger partial charge in [0.2, 0.25) is 5.91 Å². The molecule has 0 saturated heterocycles. The number of aryl methyl sites for hydroxylation is 2. The van der Waals surface area contributed by atoms with E-state index in [1.165, 1.54) is 23.4 Å². The first-order valence-corrected chi connectivity index (χ1v) is 10.8. The fourth-order valence-electron chi connectivity index (χ4n) is 3.05. The average Bonchev–Trinajstić information content (AvgIpc) is 3.22. The molecular formula is C19H17BrN2OS2. The number of para-hydroxylation sites is 1. The summed E-state index contributed by atoms with van der Waals surface area (Å²) in [6.45, 7) is 0. The number of anilines is 2. The first kappa shape index (κ1) is 16.9. The van der Waals surface area contributed by atoms with E-state index in [2.05, 4.69) is 15.9 Å². The van der Waals surface area contributed by atoms with E-state index in [1.807, 2.05) is 41.8 Å². The van der Waals surface area contributed by atoms with Crippen LogP contribution in [0, 0.1) is 0 Å². The number of thiophene rings is 1. The maximum absolute atomic E-state index is 13.1. The van der Waals surface area contributed by atoms with Crippen LogP contribution in [-0.4, -0.2) is 10.9 Å². The van der Waals surface area contributed by atoms with Gasteiger partial charge in [-0.05, 0) is 59.8 Å². The van der Waals surface area contributed by atoms with Crippen LogP contribution in [0.3, 0.4) is 0 Å². The zero-order chi connectivity index (χ0) is 17.2. The summed E-state index contributed by atoms with van der Waals surface area (Å²) in [5.41, 5.74) is 2.06. The van der Waals surface area contributed by atoms with Crippen molar-refractivity contribution in [1.82, 2.24) is 4.98 Å². The molecule has 0 radical (unpaired) electrons. The smallest absolute Gasteiger partial charge is 0.238 e. The van der Waals surface area contributed by atoms with Crippen LogP contribution < -0.4 is 4.90 Å². The Hall–Kier alpha value is -1.50. The lowest BCUT2D eigenvalue weighted by molar-refractivity contribution is -0.117. The van der Waals surface area contributed by atoms with Gasteiger partial charge in [-0.1, -0.05) is 18.2 Å². The van der Waals surface area contributed by atoms with Gasteiger partial charge in [0.25, 0.3) is 0 Å². The maximum Gasteiger partial charge on any atom is 0.238 e. The Morgan fingerprint density at radius 1 is 1.20 bits per heavy atom. The van der Waals surface area contributed by atoms with E-state index < -0.39 is 0 Å². The van der Waals surface area contributed by atoms with Gasteiger partial charge in [-0.25, -0.2) is 4.98 Å². The SMILES string of the molecule is O=C(Cc1cc(Br)cs1)N(c1ccccc1)c1nc2c(s1)CCCC2. The summed E-state index contributed by atoms with van der Waals surface area (Å²) in [5, 5.41) is 2.82. The minimum absolute atomic E-state index is 0.0617. The normalized spacial score (nSPS) is 13.5. The number of nitrogens with zero attached hydrogens (tertiary/aromatic N) is 2. The zero-order valence-electron chi connectivity index (χ0n) is 13.6. The van der Waals surface area contributed by atoms with Gasteiger partial charge >= 0.3 is 0 Å². The molecule has 0 atom stereocenters. The van der Waals surface area contributed by atoms with Crippen molar-refractivity contribution in [3.63, 3.8) is 0 Å². The van der Waals surface area contributed by atoms with Crippen molar-refractivity contribution in [1.29, 1.82) is 0 Å². The number of halogens is 1. The number of hydrogen-bond donors (Lipinski definition) is 0. The van der Waals surface area contributed by atoms with Crippen molar-refractivity contribution >= 4 is 55.3 Å². The Bertz CT molecular complexity index is 864. The summed E-state index contributed by atoms with van der Waals surface area (Å²) < 4.78 is 1.02. The Labute approximate surface area is 163 Å². The van der Waals surface area contributed by atoms with Crippen LogP contribution >= 0.6 is 38.6 Å². The molecule has 1 amide bonds. The van der Waals surface area contributed by atoms with Crippen molar-refractivity contribution in [2.45, 2.75) is 32.1 Å². The van der Waals surface area contributed by atoms with Gasteiger partial charge in [0.1, 0.15) is 0 Å². The lowest BCUT2D eigenvalue weighted by atomic mass is 10.0. The lowest BCUT2D eigenvalue weighted by Gasteiger charge is -2.19. The highest BCUT2D eigenvalue weighted by molar-refractivity contribution is 9.10. The molecule has 3 aromatic rings. The molecule has 0 N–H and O–H groups in total. The third-order valence-electron chi connectivity index (χ3n) is 4.24. The second kappa shape index (κ2) is 7.40. The molecule has 0 saturated carbocycles. The predicted molar refractivity (Wildman–Crippen MR) is 108 cm³/mol. The molecule has 0 spiro atoms. The monoisotopic (exact) mass is 432 g/mol. The summed E-state index contributed by atoms with van der Waals surface area (Å²) in [6.07, 6.45) is 4.91.